The van der Waals surface area contributed by atoms with Gasteiger partial charge in [0, 0.05) is 37.3 Å². The van der Waals surface area contributed by atoms with Crippen LogP contribution in [-0.4, -0.2) is 36.5 Å². The highest BCUT2D eigenvalue weighted by Gasteiger charge is 2.24. The molecule has 0 radical (unpaired) electrons. The monoisotopic (exact) mass is 288 g/mol. The first-order chi connectivity index (χ1) is 10.1. The first kappa shape index (κ1) is 13.8. The third-order valence-electron chi connectivity index (χ3n) is 3.72. The van der Waals surface area contributed by atoms with Gasteiger partial charge in [-0.3, -0.25) is 9.48 Å². The van der Waals surface area contributed by atoms with Crippen LogP contribution in [0.4, 0.5) is 0 Å². The maximum absolute atomic E-state index is 12.0. The molecule has 0 saturated carbocycles. The molecule has 0 bridgehead atoms. The van der Waals surface area contributed by atoms with Crippen molar-refractivity contribution in [1.82, 2.24) is 29.9 Å². The second-order valence-corrected chi connectivity index (χ2v) is 5.75. The van der Waals surface area contributed by atoms with E-state index in [0.29, 0.717) is 5.92 Å². The fraction of sp³-hybridized carbons (Fsp3) is 0.571. The van der Waals surface area contributed by atoms with E-state index in [1.165, 1.54) is 0 Å². The molecule has 3 heterocycles. The van der Waals surface area contributed by atoms with E-state index in [4.69, 9.17) is 0 Å². The topological polar surface area (TPSA) is 77.6 Å². The molecule has 112 valence electrons. The second kappa shape index (κ2) is 5.67. The number of hydrogen-bond acceptors (Lipinski definition) is 4. The fourth-order valence-corrected chi connectivity index (χ4v) is 2.71. The van der Waals surface area contributed by atoms with Gasteiger partial charge in [-0.05, 0) is 12.5 Å². The molecule has 1 amide bonds. The predicted molar refractivity (Wildman–Crippen MR) is 76.6 cm³/mol. The Labute approximate surface area is 123 Å². The van der Waals surface area contributed by atoms with Crippen molar-refractivity contribution in [3.8, 4) is 0 Å². The Morgan fingerprint density at radius 2 is 2.33 bits per heavy atom. The van der Waals surface area contributed by atoms with E-state index in [2.05, 4.69) is 39.0 Å². The largest absolute Gasteiger partial charge is 0.350 e. The third-order valence-corrected chi connectivity index (χ3v) is 3.72. The van der Waals surface area contributed by atoms with Crippen LogP contribution in [-0.2, 0) is 24.3 Å². The molecule has 7 heteroatoms. The highest BCUT2D eigenvalue weighted by Crippen LogP contribution is 2.19. The summed E-state index contributed by atoms with van der Waals surface area (Å²) in [5, 5.41) is 15.6. The number of aryl methyl sites for hydroxylation is 1. The molecular weight excluding hydrogens is 268 g/mol. The summed E-state index contributed by atoms with van der Waals surface area (Å²) in [6, 6.07) is 1.95. The highest BCUT2D eigenvalue weighted by molar-refractivity contribution is 5.75. The summed E-state index contributed by atoms with van der Waals surface area (Å²) < 4.78 is 3.77. The maximum Gasteiger partial charge on any atom is 0.242 e. The Morgan fingerprint density at radius 1 is 1.48 bits per heavy atom. The molecule has 0 saturated heterocycles. The molecule has 2 aromatic rings. The average molecular weight is 288 g/mol. The predicted octanol–water partition coefficient (Wildman–Crippen LogP) is 0.729. The molecule has 2 aromatic heterocycles. The van der Waals surface area contributed by atoms with Crippen LogP contribution in [0.25, 0.3) is 0 Å². The van der Waals surface area contributed by atoms with Crippen LogP contribution in [0.15, 0.2) is 18.5 Å². The van der Waals surface area contributed by atoms with Crippen molar-refractivity contribution >= 4 is 5.91 Å². The Morgan fingerprint density at radius 3 is 3.05 bits per heavy atom. The van der Waals surface area contributed by atoms with E-state index in [9.17, 15) is 4.79 Å². The lowest BCUT2D eigenvalue weighted by atomic mass is 10.1. The maximum atomic E-state index is 12.0. The normalized spacial score (nSPS) is 17.8. The molecule has 1 N–H and O–H groups in total. The van der Waals surface area contributed by atoms with Gasteiger partial charge in [-0.25, -0.2) is 0 Å². The van der Waals surface area contributed by atoms with Crippen molar-refractivity contribution in [3.63, 3.8) is 0 Å². The van der Waals surface area contributed by atoms with E-state index in [0.717, 1.165) is 31.0 Å². The summed E-state index contributed by atoms with van der Waals surface area (Å²) in [6.07, 6.45) is 5.22. The number of aromatic nitrogens is 5. The van der Waals surface area contributed by atoms with Gasteiger partial charge >= 0.3 is 0 Å². The lowest BCUT2D eigenvalue weighted by molar-refractivity contribution is -0.122. The van der Waals surface area contributed by atoms with Crippen LogP contribution in [0, 0.1) is 0 Å². The van der Waals surface area contributed by atoms with Crippen molar-refractivity contribution in [3.05, 3.63) is 30.1 Å². The minimum Gasteiger partial charge on any atom is -0.350 e. The van der Waals surface area contributed by atoms with Gasteiger partial charge in [0.2, 0.25) is 5.91 Å². The molecule has 0 fully saturated rings. The van der Waals surface area contributed by atoms with Gasteiger partial charge in [-0.2, -0.15) is 5.10 Å². The number of carbonyl (C=O) groups is 1. The van der Waals surface area contributed by atoms with E-state index < -0.39 is 0 Å². The van der Waals surface area contributed by atoms with Crippen LogP contribution in [0.5, 0.6) is 0 Å². The Bertz CT molecular complexity index is 615. The number of rotatable bonds is 4. The number of hydrogen-bond donors (Lipinski definition) is 1. The minimum atomic E-state index is -0.00804. The van der Waals surface area contributed by atoms with E-state index in [1.807, 2.05) is 6.07 Å². The van der Waals surface area contributed by atoms with Gasteiger partial charge < -0.3 is 9.88 Å². The lowest BCUT2D eigenvalue weighted by Gasteiger charge is -2.25. The molecule has 7 nitrogen and oxygen atoms in total. The van der Waals surface area contributed by atoms with Gasteiger partial charge in [0.1, 0.15) is 18.2 Å². The molecule has 3 rings (SSSR count). The molecule has 0 aromatic carbocycles. The average Bonchev–Trinajstić information content (AvgIpc) is 3.06. The molecule has 1 atom stereocenters. The van der Waals surface area contributed by atoms with Crippen LogP contribution in [0.1, 0.15) is 37.8 Å². The minimum absolute atomic E-state index is 0.00804. The zero-order valence-electron chi connectivity index (χ0n) is 12.4. The molecule has 0 unspecified atom stereocenters. The summed E-state index contributed by atoms with van der Waals surface area (Å²) in [4.78, 5) is 12.0. The fourth-order valence-electron chi connectivity index (χ4n) is 2.71. The quantitative estimate of drug-likeness (QED) is 0.899. The summed E-state index contributed by atoms with van der Waals surface area (Å²) in [5.41, 5.74) is 0. The van der Waals surface area contributed by atoms with Crippen LogP contribution < -0.4 is 5.32 Å². The van der Waals surface area contributed by atoms with Gasteiger partial charge in [0.15, 0.2) is 0 Å². The molecule has 0 spiro atoms. The van der Waals surface area contributed by atoms with Crippen molar-refractivity contribution in [1.29, 1.82) is 0 Å². The van der Waals surface area contributed by atoms with Crippen LogP contribution in [0.3, 0.4) is 0 Å². The number of nitrogens with one attached hydrogen (secondary N) is 1. The van der Waals surface area contributed by atoms with E-state index in [1.54, 1.807) is 17.1 Å². The Balaban J connectivity index is 1.63. The van der Waals surface area contributed by atoms with Crippen molar-refractivity contribution in [2.24, 2.45) is 0 Å². The second-order valence-electron chi connectivity index (χ2n) is 5.75. The summed E-state index contributed by atoms with van der Waals surface area (Å²) in [6.45, 7) is 5.23. The molecule has 1 aliphatic rings. The third kappa shape index (κ3) is 2.96. The van der Waals surface area contributed by atoms with Crippen molar-refractivity contribution in [2.45, 2.75) is 51.7 Å². The number of amides is 1. The number of nitrogens with zero attached hydrogens (tertiary/aromatic N) is 5. The van der Waals surface area contributed by atoms with Gasteiger partial charge in [0.25, 0.3) is 0 Å². The highest BCUT2D eigenvalue weighted by atomic mass is 16.2. The standard InChI is InChI=1S/C14H20N6O/c1-10(2)14-18-17-12-5-4-11(8-20(12)14)16-13(21)9-19-7-3-6-15-19/h3,6-7,10-11H,4-5,8-9H2,1-2H3,(H,16,21)/t11-/m0/s1. The first-order valence-electron chi connectivity index (χ1n) is 7.32. The smallest absolute Gasteiger partial charge is 0.242 e. The van der Waals surface area contributed by atoms with Gasteiger partial charge in [-0.1, -0.05) is 13.8 Å². The number of fused-ring (bicyclic) bond motifs is 1. The van der Waals surface area contributed by atoms with Crippen molar-refractivity contribution < 1.29 is 4.79 Å². The first-order valence-corrected chi connectivity index (χ1v) is 7.32. The Hall–Kier alpha value is -2.18. The van der Waals surface area contributed by atoms with E-state index >= 15 is 0 Å². The SMILES string of the molecule is CC(C)c1nnc2n1C[C@@H](NC(=O)Cn1cccn1)CC2. The summed E-state index contributed by atoms with van der Waals surface area (Å²) in [7, 11) is 0. The van der Waals surface area contributed by atoms with Crippen molar-refractivity contribution in [2.75, 3.05) is 0 Å². The van der Waals surface area contributed by atoms with Gasteiger partial charge in [0.05, 0.1) is 0 Å². The molecule has 0 aliphatic carbocycles. The Kier molecular flexibility index (Phi) is 3.72. The number of carbonyl (C=O) groups excluding carboxylic acids is 1. The molecular formula is C14H20N6O. The van der Waals surface area contributed by atoms with Crippen LogP contribution >= 0.6 is 0 Å². The zero-order valence-corrected chi connectivity index (χ0v) is 12.4. The summed E-state index contributed by atoms with van der Waals surface area (Å²) >= 11 is 0. The molecule has 1 aliphatic heterocycles. The van der Waals surface area contributed by atoms with Gasteiger partial charge in [-0.15, -0.1) is 10.2 Å². The van der Waals surface area contributed by atoms with Crippen LogP contribution in [0.2, 0.25) is 0 Å². The van der Waals surface area contributed by atoms with E-state index in [-0.39, 0.29) is 18.5 Å². The zero-order chi connectivity index (χ0) is 14.8. The molecule has 21 heavy (non-hydrogen) atoms. The lowest BCUT2D eigenvalue weighted by Crippen LogP contribution is -2.42. The summed E-state index contributed by atoms with van der Waals surface area (Å²) in [5.74, 6) is 2.35.